The molecule has 0 amide bonds. The molecule has 0 heterocycles. The Kier molecular flexibility index (Phi) is 21.1. The number of allylic oxidation sites excluding steroid dienone is 4. The molecule has 0 saturated carbocycles. The van der Waals surface area contributed by atoms with Crippen LogP contribution in [0.5, 0.6) is 0 Å². The van der Waals surface area contributed by atoms with Crippen molar-refractivity contribution in [1.29, 1.82) is 0 Å². The number of halogens is 2. The summed E-state index contributed by atoms with van der Waals surface area (Å²) in [5, 5.41) is 2.69. The van der Waals surface area contributed by atoms with Crippen molar-refractivity contribution in [3.8, 4) is 11.1 Å². The first-order valence-corrected chi connectivity index (χ1v) is 11.0. The third-order valence-corrected chi connectivity index (χ3v) is 4.52. The average Bonchev–Trinajstić information content (AvgIpc) is 3.25. The summed E-state index contributed by atoms with van der Waals surface area (Å²) in [4.78, 5) is 0. The van der Waals surface area contributed by atoms with Gasteiger partial charge in [-0.1, -0.05) is 89.0 Å². The van der Waals surface area contributed by atoms with Crippen LogP contribution < -0.4 is 24.8 Å². The van der Waals surface area contributed by atoms with E-state index in [4.69, 9.17) is 0 Å². The van der Waals surface area contributed by atoms with Gasteiger partial charge in [-0.05, 0) is 5.56 Å². The van der Waals surface area contributed by atoms with E-state index >= 15 is 0 Å². The Morgan fingerprint density at radius 1 is 0.871 bits per heavy atom. The zero-order chi connectivity index (χ0) is 21.1. The minimum absolute atomic E-state index is 0. The number of benzene rings is 2. The summed E-state index contributed by atoms with van der Waals surface area (Å²) in [6.45, 7) is 14.3. The van der Waals surface area contributed by atoms with Gasteiger partial charge in [-0.3, -0.25) is 6.08 Å². The second-order valence-corrected chi connectivity index (χ2v) is 6.61. The molecule has 3 aromatic rings. The topological polar surface area (TPSA) is 0 Å². The van der Waals surface area contributed by atoms with Gasteiger partial charge in [-0.15, -0.1) is 41.5 Å². The summed E-state index contributed by atoms with van der Waals surface area (Å²) in [6.07, 6.45) is 5.52. The van der Waals surface area contributed by atoms with E-state index < -0.39 is 0 Å². The maximum absolute atomic E-state index is 3.29. The van der Waals surface area contributed by atoms with Gasteiger partial charge < -0.3 is 24.8 Å². The number of hydrogen-bond donors (Lipinski definition) is 0. The summed E-state index contributed by atoms with van der Waals surface area (Å²) < 4.78 is 0. The van der Waals surface area contributed by atoms with E-state index in [1.807, 2.05) is 13.8 Å². The Bertz CT molecular complexity index is 893. The first-order valence-electron chi connectivity index (χ1n) is 10.0. The predicted octanol–water partition coefficient (Wildman–Crippen LogP) is 2.10. The van der Waals surface area contributed by atoms with Crippen molar-refractivity contribution in [2.75, 3.05) is 0 Å². The van der Waals surface area contributed by atoms with E-state index in [1.54, 1.807) is 6.55 Å². The third kappa shape index (κ3) is 10.6. The Morgan fingerprint density at radius 2 is 1.45 bits per heavy atom. The molecule has 0 saturated heterocycles. The minimum atomic E-state index is 0. The van der Waals surface area contributed by atoms with E-state index in [9.17, 15) is 0 Å². The van der Waals surface area contributed by atoms with Gasteiger partial charge in [0.1, 0.15) is 0 Å². The Labute approximate surface area is 225 Å². The Morgan fingerprint density at radius 3 is 1.90 bits per heavy atom. The quantitative estimate of drug-likeness (QED) is 0.324. The van der Waals surface area contributed by atoms with Crippen molar-refractivity contribution in [2.24, 2.45) is 5.92 Å². The number of fused-ring (bicyclic) bond motifs is 1. The summed E-state index contributed by atoms with van der Waals surface area (Å²) in [6, 6.07) is 21.6. The fourth-order valence-corrected chi connectivity index (χ4v) is 3.25. The molecule has 4 heteroatoms. The van der Waals surface area contributed by atoms with E-state index in [-0.39, 0.29) is 51.0 Å². The van der Waals surface area contributed by atoms with E-state index in [0.29, 0.717) is 5.92 Å². The molecule has 0 nitrogen and oxygen atoms in total. The molecule has 1 atom stereocenters. The van der Waals surface area contributed by atoms with Crippen molar-refractivity contribution in [1.82, 2.24) is 0 Å². The monoisotopic (exact) mass is 545 g/mol. The van der Waals surface area contributed by atoms with Crippen LogP contribution in [0.25, 0.3) is 21.9 Å². The van der Waals surface area contributed by atoms with Gasteiger partial charge in [-0.25, -0.2) is 11.1 Å². The molecule has 0 aromatic heterocycles. The van der Waals surface area contributed by atoms with Crippen LogP contribution in [0.1, 0.15) is 40.2 Å². The second-order valence-electron chi connectivity index (χ2n) is 6.61. The Balaban J connectivity index is -0.000000453. The third-order valence-electron chi connectivity index (χ3n) is 4.52. The van der Waals surface area contributed by atoms with Gasteiger partial charge in [0.05, 0.1) is 0 Å². The van der Waals surface area contributed by atoms with Gasteiger partial charge >= 0.3 is 26.2 Å². The maximum Gasteiger partial charge on any atom is 4.00 e. The van der Waals surface area contributed by atoms with Crippen LogP contribution >= 0.6 is 0 Å². The van der Waals surface area contributed by atoms with Crippen LogP contribution in [0.3, 0.4) is 0 Å². The summed E-state index contributed by atoms with van der Waals surface area (Å²) in [7, 11) is 2.97. The van der Waals surface area contributed by atoms with Crippen LogP contribution in [-0.4, -0.2) is 10.2 Å². The van der Waals surface area contributed by atoms with Gasteiger partial charge in [0.2, 0.25) is 0 Å². The molecule has 0 N–H and O–H groups in total. The van der Waals surface area contributed by atoms with Gasteiger partial charge in [-0.2, -0.15) is 12.1 Å². The first-order chi connectivity index (χ1) is 13.5. The van der Waals surface area contributed by atoms with Crippen molar-refractivity contribution < 1.29 is 51.0 Å². The molecule has 163 valence electrons. The zero-order valence-corrected chi connectivity index (χ0v) is 24.7. The fourth-order valence-electron chi connectivity index (χ4n) is 3.25. The first kappa shape index (κ1) is 34.8. The van der Waals surface area contributed by atoms with Crippen molar-refractivity contribution in [2.45, 2.75) is 48.1 Å². The minimum Gasteiger partial charge on any atom is -1.00 e. The molecule has 0 aliphatic heterocycles. The average molecular weight is 548 g/mol. The molecule has 0 bridgehead atoms. The molecule has 0 fully saturated rings. The van der Waals surface area contributed by atoms with E-state index in [2.05, 4.69) is 111 Å². The largest absolute Gasteiger partial charge is 4.00 e. The summed E-state index contributed by atoms with van der Waals surface area (Å²) in [5.41, 5.74) is 6.65. The molecule has 31 heavy (non-hydrogen) atoms. The maximum atomic E-state index is 3.29. The molecule has 3 radical (unpaired) electrons. The normalized spacial score (nSPS) is 13.1. The van der Waals surface area contributed by atoms with Gasteiger partial charge in [0, 0.05) is 10.2 Å². The summed E-state index contributed by atoms with van der Waals surface area (Å²) >= 11 is 0. The van der Waals surface area contributed by atoms with Crippen molar-refractivity contribution in [3.63, 3.8) is 0 Å². The van der Waals surface area contributed by atoms with Crippen molar-refractivity contribution >= 4 is 21.0 Å². The summed E-state index contributed by atoms with van der Waals surface area (Å²) in [5.74, 6) is 0.551. The van der Waals surface area contributed by atoms with Crippen LogP contribution in [0, 0.1) is 18.9 Å². The Hall–Kier alpha value is -0.790. The van der Waals surface area contributed by atoms with Crippen LogP contribution in [0.4, 0.5) is 0 Å². The zero-order valence-electron chi connectivity index (χ0n) is 19.7. The number of aryl methyl sites for hydroxylation is 1. The molecular formula is C27H33Cl2SiZr. The van der Waals surface area contributed by atoms with Crippen LogP contribution in [0.15, 0.2) is 77.9 Å². The van der Waals surface area contributed by atoms with E-state index in [0.717, 1.165) is 0 Å². The molecule has 4 rings (SSSR count). The molecule has 1 unspecified atom stereocenters. The SMILES string of the molecule is CC.CC1=[C-]C(C)C=C1C.C[Si].Cc1cc2c(-c3ccccc3)cccc2[cH-]1.[Cl-].[Cl-].[Zr+4]. The molecule has 0 spiro atoms. The molecule has 3 aromatic carbocycles. The standard InChI is InChI=1S/C16H13.C8H11.C2H6.CH3Si.2ClH.Zr/c1-12-10-14-8-5-9-15(16(14)11-12)13-6-3-2-4-7-13;1-6-4-7(2)8(3)5-6;2*1-2;;;/h2-11H,1H3;4,6H,1-3H3;1-2H3;1H3;2*1H;/q2*-1;;;;;+4/p-2. The van der Waals surface area contributed by atoms with Gasteiger partial charge in [0.25, 0.3) is 0 Å². The predicted molar refractivity (Wildman–Crippen MR) is 128 cm³/mol. The number of rotatable bonds is 1. The second kappa shape index (κ2) is 18.8. The van der Waals surface area contributed by atoms with Crippen LogP contribution in [-0.2, 0) is 26.2 Å². The van der Waals surface area contributed by atoms with Gasteiger partial charge in [0.15, 0.2) is 0 Å². The van der Waals surface area contributed by atoms with E-state index in [1.165, 1.54) is 38.6 Å². The number of hydrogen-bond acceptors (Lipinski definition) is 0. The molecule has 1 aliphatic carbocycles. The molecule has 1 aliphatic rings. The smallest absolute Gasteiger partial charge is 1.00 e. The molecular weight excluding hydrogens is 515 g/mol. The van der Waals surface area contributed by atoms with Crippen LogP contribution in [0.2, 0.25) is 6.55 Å². The van der Waals surface area contributed by atoms with Crippen molar-refractivity contribution in [3.05, 3.63) is 89.5 Å². The fraction of sp³-hybridized carbons (Fsp3) is 0.296.